The molecule has 0 aromatic carbocycles. The molecule has 0 aliphatic rings. The first-order chi connectivity index (χ1) is 9.44. The highest BCUT2D eigenvalue weighted by Crippen LogP contribution is 2.16. The number of nitrogens with one attached hydrogen (secondary N) is 1. The third-order valence-corrected chi connectivity index (χ3v) is 2.29. The Morgan fingerprint density at radius 3 is 2.90 bits per heavy atom. The summed E-state index contributed by atoms with van der Waals surface area (Å²) in [6.45, 7) is -1.75. The van der Waals surface area contributed by atoms with Crippen LogP contribution in [0.15, 0.2) is 17.0 Å². The van der Waals surface area contributed by atoms with E-state index in [-0.39, 0.29) is 18.3 Å². The van der Waals surface area contributed by atoms with E-state index in [0.29, 0.717) is 6.42 Å². The quantitative estimate of drug-likeness (QED) is 0.826. The fraction of sp³-hybridized carbons (Fsp3) is 0.500. The second-order valence-corrected chi connectivity index (χ2v) is 4.04. The lowest BCUT2D eigenvalue weighted by molar-refractivity contribution is -0.177. The SMILES string of the molecule is N[C@H](Cc1cnc[nH]1)c1nc(COCC(F)(F)F)no1. The molecule has 2 aromatic heterocycles. The minimum Gasteiger partial charge on any atom is -0.364 e. The molecule has 0 aliphatic heterocycles. The van der Waals surface area contributed by atoms with Crippen LogP contribution in [0.3, 0.4) is 0 Å². The molecular formula is C10H12F3N5O2. The number of aromatic nitrogens is 4. The molecule has 0 unspecified atom stereocenters. The van der Waals surface area contributed by atoms with E-state index in [1.165, 1.54) is 6.33 Å². The number of aromatic amines is 1. The number of ether oxygens (including phenoxy) is 1. The van der Waals surface area contributed by atoms with Gasteiger partial charge in [-0.3, -0.25) is 0 Å². The summed E-state index contributed by atoms with van der Waals surface area (Å²) in [5, 5.41) is 3.50. The summed E-state index contributed by atoms with van der Waals surface area (Å²) >= 11 is 0. The van der Waals surface area contributed by atoms with Crippen LogP contribution in [0, 0.1) is 0 Å². The van der Waals surface area contributed by atoms with Gasteiger partial charge in [-0.1, -0.05) is 5.16 Å². The van der Waals surface area contributed by atoms with Crippen molar-refractivity contribution in [2.24, 2.45) is 5.73 Å². The van der Waals surface area contributed by atoms with Gasteiger partial charge in [-0.2, -0.15) is 18.2 Å². The highest BCUT2D eigenvalue weighted by Gasteiger charge is 2.27. The first-order valence-corrected chi connectivity index (χ1v) is 5.64. The molecule has 0 aliphatic carbocycles. The Kier molecular flexibility index (Phi) is 4.35. The van der Waals surface area contributed by atoms with Crippen LogP contribution in [-0.4, -0.2) is 32.9 Å². The number of nitrogens with zero attached hydrogens (tertiary/aromatic N) is 3. The van der Waals surface area contributed by atoms with Gasteiger partial charge in [-0.25, -0.2) is 4.98 Å². The predicted octanol–water partition coefficient (Wildman–Crippen LogP) is 1.11. The Bertz CT molecular complexity index is 525. The molecule has 0 bridgehead atoms. The molecule has 2 heterocycles. The van der Waals surface area contributed by atoms with E-state index in [9.17, 15) is 13.2 Å². The number of hydrogen-bond donors (Lipinski definition) is 2. The molecule has 7 nitrogen and oxygen atoms in total. The summed E-state index contributed by atoms with van der Waals surface area (Å²) in [6.07, 6.45) is -0.884. The normalized spacial score (nSPS) is 13.6. The number of alkyl halides is 3. The summed E-state index contributed by atoms with van der Waals surface area (Å²) in [5.74, 6) is 0.148. The fourth-order valence-corrected chi connectivity index (χ4v) is 1.46. The number of halogens is 3. The van der Waals surface area contributed by atoms with Crippen molar-refractivity contribution in [1.82, 2.24) is 20.1 Å². The van der Waals surface area contributed by atoms with Crippen LogP contribution in [0.2, 0.25) is 0 Å². The maximum atomic E-state index is 11.9. The molecule has 1 atom stereocenters. The van der Waals surface area contributed by atoms with Gasteiger partial charge in [0.2, 0.25) is 5.89 Å². The van der Waals surface area contributed by atoms with E-state index >= 15 is 0 Å². The lowest BCUT2D eigenvalue weighted by atomic mass is 10.2. The monoisotopic (exact) mass is 291 g/mol. The van der Waals surface area contributed by atoms with Crippen molar-refractivity contribution in [3.05, 3.63) is 29.9 Å². The van der Waals surface area contributed by atoms with Gasteiger partial charge in [0.15, 0.2) is 5.82 Å². The summed E-state index contributed by atoms with van der Waals surface area (Å²) in [7, 11) is 0. The van der Waals surface area contributed by atoms with Gasteiger partial charge in [-0.05, 0) is 0 Å². The van der Waals surface area contributed by atoms with Gasteiger partial charge in [0, 0.05) is 18.3 Å². The first-order valence-electron chi connectivity index (χ1n) is 5.64. The molecular weight excluding hydrogens is 279 g/mol. The van der Waals surface area contributed by atoms with Crippen LogP contribution < -0.4 is 5.73 Å². The lowest BCUT2D eigenvalue weighted by Gasteiger charge is -2.05. The second kappa shape index (κ2) is 6.01. The third-order valence-electron chi connectivity index (χ3n) is 2.29. The summed E-state index contributed by atoms with van der Waals surface area (Å²) < 4.78 is 44.9. The van der Waals surface area contributed by atoms with Crippen molar-refractivity contribution in [2.45, 2.75) is 25.2 Å². The van der Waals surface area contributed by atoms with E-state index in [1.807, 2.05) is 0 Å². The zero-order chi connectivity index (χ0) is 14.6. The number of nitrogens with two attached hydrogens (primary N) is 1. The molecule has 0 fully saturated rings. The molecule has 110 valence electrons. The smallest absolute Gasteiger partial charge is 0.364 e. The van der Waals surface area contributed by atoms with Crippen molar-refractivity contribution in [3.63, 3.8) is 0 Å². The highest BCUT2D eigenvalue weighted by atomic mass is 19.4. The van der Waals surface area contributed by atoms with E-state index in [4.69, 9.17) is 10.3 Å². The van der Waals surface area contributed by atoms with E-state index in [2.05, 4.69) is 24.8 Å². The van der Waals surface area contributed by atoms with Crippen LogP contribution in [0.25, 0.3) is 0 Å². The van der Waals surface area contributed by atoms with E-state index < -0.39 is 18.8 Å². The standard InChI is InChI=1S/C10H12F3N5O2/c11-10(12,13)4-19-3-8-17-9(20-18-8)7(14)1-6-2-15-5-16-6/h2,5,7H,1,3-4,14H2,(H,15,16)/t7-/m1/s1. The predicted molar refractivity (Wildman–Crippen MR) is 59.2 cm³/mol. The van der Waals surface area contributed by atoms with E-state index in [1.54, 1.807) is 6.20 Å². The Balaban J connectivity index is 1.85. The minimum absolute atomic E-state index is 0.0179. The number of imidazole rings is 1. The highest BCUT2D eigenvalue weighted by molar-refractivity contribution is 5.01. The maximum absolute atomic E-state index is 11.9. The number of rotatable bonds is 6. The maximum Gasteiger partial charge on any atom is 0.411 e. The molecule has 2 rings (SSSR count). The molecule has 0 spiro atoms. The Morgan fingerprint density at radius 2 is 2.25 bits per heavy atom. The Hall–Kier alpha value is -1.94. The molecule has 20 heavy (non-hydrogen) atoms. The summed E-state index contributed by atoms with van der Waals surface area (Å²) in [4.78, 5) is 10.6. The van der Waals surface area contributed by atoms with Crippen molar-refractivity contribution in [3.8, 4) is 0 Å². The van der Waals surface area contributed by atoms with Crippen LogP contribution in [0.4, 0.5) is 13.2 Å². The van der Waals surface area contributed by atoms with Gasteiger partial charge in [0.1, 0.15) is 13.2 Å². The fourth-order valence-electron chi connectivity index (χ4n) is 1.46. The molecule has 3 N–H and O–H groups in total. The number of H-pyrrole nitrogens is 1. The minimum atomic E-state index is -4.39. The third kappa shape index (κ3) is 4.31. The Labute approximate surface area is 111 Å². The van der Waals surface area contributed by atoms with Crippen LogP contribution >= 0.6 is 0 Å². The van der Waals surface area contributed by atoms with Gasteiger partial charge >= 0.3 is 6.18 Å². The van der Waals surface area contributed by atoms with Gasteiger partial charge in [-0.15, -0.1) is 0 Å². The van der Waals surface area contributed by atoms with Gasteiger partial charge in [0.25, 0.3) is 0 Å². The van der Waals surface area contributed by atoms with Gasteiger partial charge in [0.05, 0.1) is 12.4 Å². The average molecular weight is 291 g/mol. The average Bonchev–Trinajstić information content (AvgIpc) is 2.98. The zero-order valence-corrected chi connectivity index (χ0v) is 10.2. The molecule has 0 saturated heterocycles. The largest absolute Gasteiger partial charge is 0.411 e. The zero-order valence-electron chi connectivity index (χ0n) is 10.2. The van der Waals surface area contributed by atoms with Crippen molar-refractivity contribution in [1.29, 1.82) is 0 Å². The first kappa shape index (κ1) is 14.5. The molecule has 0 amide bonds. The molecule has 0 radical (unpaired) electrons. The van der Waals surface area contributed by atoms with Crippen LogP contribution in [-0.2, 0) is 17.8 Å². The summed E-state index contributed by atoms with van der Waals surface area (Å²) in [5.41, 5.74) is 6.62. The lowest BCUT2D eigenvalue weighted by Crippen LogP contribution is -2.17. The van der Waals surface area contributed by atoms with Gasteiger partial charge < -0.3 is 20.0 Å². The van der Waals surface area contributed by atoms with Crippen molar-refractivity contribution in [2.75, 3.05) is 6.61 Å². The topological polar surface area (TPSA) is 103 Å². The number of hydrogen-bond acceptors (Lipinski definition) is 6. The van der Waals surface area contributed by atoms with E-state index in [0.717, 1.165) is 5.69 Å². The molecule has 0 saturated carbocycles. The van der Waals surface area contributed by atoms with Crippen LogP contribution in [0.5, 0.6) is 0 Å². The molecule has 2 aromatic rings. The second-order valence-electron chi connectivity index (χ2n) is 4.04. The molecule has 10 heteroatoms. The van der Waals surface area contributed by atoms with Crippen molar-refractivity contribution >= 4 is 0 Å². The van der Waals surface area contributed by atoms with Crippen LogP contribution in [0.1, 0.15) is 23.5 Å². The van der Waals surface area contributed by atoms with Crippen molar-refractivity contribution < 1.29 is 22.4 Å². The summed E-state index contributed by atoms with van der Waals surface area (Å²) in [6, 6.07) is -0.570. The Morgan fingerprint density at radius 1 is 1.45 bits per heavy atom.